The van der Waals surface area contributed by atoms with Gasteiger partial charge in [0, 0.05) is 31.1 Å². The molecule has 38 heavy (non-hydrogen) atoms. The van der Waals surface area contributed by atoms with Crippen molar-refractivity contribution in [1.82, 2.24) is 9.97 Å². The third-order valence-electron chi connectivity index (χ3n) is 7.67. The van der Waals surface area contributed by atoms with Gasteiger partial charge in [0.25, 0.3) is 0 Å². The van der Waals surface area contributed by atoms with Crippen LogP contribution in [-0.4, -0.2) is 48.4 Å². The maximum absolute atomic E-state index is 5.80. The van der Waals surface area contributed by atoms with Crippen molar-refractivity contribution in [3.8, 4) is 12.3 Å². The van der Waals surface area contributed by atoms with E-state index >= 15 is 0 Å². The summed E-state index contributed by atoms with van der Waals surface area (Å²) in [7, 11) is 0. The average molecular weight is 512 g/mol. The highest BCUT2D eigenvalue weighted by Crippen LogP contribution is 2.34. The largest absolute Gasteiger partial charge is 0.377 e. The molecule has 201 valence electrons. The van der Waals surface area contributed by atoms with Crippen LogP contribution in [0.3, 0.4) is 0 Å². The lowest BCUT2D eigenvalue weighted by atomic mass is 9.89. The molecule has 0 saturated carbocycles. The Kier molecular flexibility index (Phi) is 9.63. The predicted octanol–water partition coefficient (Wildman–Crippen LogP) is 6.62. The molecule has 4 rings (SSSR count). The predicted molar refractivity (Wildman–Crippen MR) is 161 cm³/mol. The summed E-state index contributed by atoms with van der Waals surface area (Å²) in [6.07, 6.45) is 18.0. The van der Waals surface area contributed by atoms with E-state index in [4.69, 9.17) is 21.1 Å². The van der Waals surface area contributed by atoms with Gasteiger partial charge in [0.15, 0.2) is 0 Å². The number of rotatable bonds is 10. The number of hydrogen-bond acceptors (Lipinski definition) is 5. The number of aromatic nitrogens is 2. The molecule has 0 unspecified atom stereocenters. The van der Waals surface area contributed by atoms with Gasteiger partial charge in [-0.25, -0.2) is 4.98 Å². The van der Waals surface area contributed by atoms with Crippen LogP contribution in [0.5, 0.6) is 0 Å². The van der Waals surface area contributed by atoms with Crippen molar-refractivity contribution in [2.45, 2.75) is 78.3 Å². The molecule has 1 aromatic heterocycles. The molecule has 1 aromatic carbocycles. The number of hydrogen-bond donors (Lipinski definition) is 0. The summed E-state index contributed by atoms with van der Waals surface area (Å²) in [6.45, 7) is 15.9. The fourth-order valence-electron chi connectivity index (χ4n) is 5.42. The standard InChI is InChI=1S/C33H43N4O/c1-7-10-19-37(25(5)9-3)33-34-31(14-8-2)30(32(35-33)36-20-21-38-23-26(36)6)22-24(4)28-18-13-16-27-15-11-12-17-29(27)28/h1,12-13,16-18,22,25-26H,3,8-11,14-15,19-21,23H2,2,4-6H3/b24-22+/t25-,26+/m0/s1. The van der Waals surface area contributed by atoms with E-state index < -0.39 is 0 Å². The minimum Gasteiger partial charge on any atom is -0.377 e. The fraction of sp³-hybridized carbons (Fsp3) is 0.485. The Hall–Kier alpha value is -3.10. The molecule has 1 saturated heterocycles. The van der Waals surface area contributed by atoms with E-state index in [2.05, 4.69) is 86.8 Å². The molecule has 0 N–H and O–H groups in total. The van der Waals surface area contributed by atoms with E-state index in [0.29, 0.717) is 26.2 Å². The number of allylic oxidation sites excluding steroid dienone is 2. The topological polar surface area (TPSA) is 41.5 Å². The second kappa shape index (κ2) is 13.1. The SMILES string of the molecule is C#CCCN(c1nc(CCC)c(/C=C(\C)c2cccc3c2C=CCC3)c(N2CCOC[C@H]2C)n1)[C@@H](C)C[CH2]. The lowest BCUT2D eigenvalue weighted by Crippen LogP contribution is -2.45. The van der Waals surface area contributed by atoms with Crippen molar-refractivity contribution >= 4 is 29.5 Å². The first kappa shape index (κ1) is 27.9. The highest BCUT2D eigenvalue weighted by atomic mass is 16.5. The first-order valence-corrected chi connectivity index (χ1v) is 14.2. The zero-order valence-corrected chi connectivity index (χ0v) is 23.7. The second-order valence-electron chi connectivity index (χ2n) is 10.5. The number of aryl methyl sites for hydroxylation is 2. The Morgan fingerprint density at radius 3 is 2.95 bits per heavy atom. The summed E-state index contributed by atoms with van der Waals surface area (Å²) in [5, 5.41) is 0. The van der Waals surface area contributed by atoms with Gasteiger partial charge in [-0.15, -0.1) is 12.3 Å². The summed E-state index contributed by atoms with van der Waals surface area (Å²) in [5.74, 6) is 4.54. The highest BCUT2D eigenvalue weighted by Gasteiger charge is 2.27. The van der Waals surface area contributed by atoms with Gasteiger partial charge in [-0.2, -0.15) is 4.98 Å². The van der Waals surface area contributed by atoms with Gasteiger partial charge in [0.05, 0.1) is 24.9 Å². The zero-order chi connectivity index (χ0) is 27.1. The molecule has 2 aromatic rings. The lowest BCUT2D eigenvalue weighted by molar-refractivity contribution is 0.0985. The molecular formula is C33H43N4O. The van der Waals surface area contributed by atoms with E-state index in [-0.39, 0.29) is 12.1 Å². The van der Waals surface area contributed by atoms with Crippen LogP contribution in [0.2, 0.25) is 0 Å². The molecule has 0 amide bonds. The van der Waals surface area contributed by atoms with Crippen molar-refractivity contribution in [2.75, 3.05) is 36.1 Å². The van der Waals surface area contributed by atoms with Crippen LogP contribution in [-0.2, 0) is 17.6 Å². The summed E-state index contributed by atoms with van der Waals surface area (Å²) < 4.78 is 5.80. The lowest BCUT2D eigenvalue weighted by Gasteiger charge is -2.37. The Labute approximate surface area is 230 Å². The molecule has 1 aliphatic heterocycles. The molecule has 1 aliphatic carbocycles. The molecule has 0 bridgehead atoms. The third-order valence-corrected chi connectivity index (χ3v) is 7.67. The van der Waals surface area contributed by atoms with Gasteiger partial charge < -0.3 is 14.5 Å². The van der Waals surface area contributed by atoms with Crippen molar-refractivity contribution in [1.29, 1.82) is 0 Å². The summed E-state index contributed by atoms with van der Waals surface area (Å²) in [4.78, 5) is 15.1. The smallest absolute Gasteiger partial charge is 0.227 e. The molecule has 2 atom stereocenters. The van der Waals surface area contributed by atoms with E-state index in [1.54, 1.807) is 0 Å². The minimum absolute atomic E-state index is 0.193. The van der Waals surface area contributed by atoms with Crippen molar-refractivity contribution in [3.05, 3.63) is 59.1 Å². The molecule has 2 aliphatic rings. The van der Waals surface area contributed by atoms with E-state index in [1.165, 1.54) is 22.3 Å². The number of anilines is 2. The number of ether oxygens (including phenoxy) is 1. The fourth-order valence-corrected chi connectivity index (χ4v) is 5.42. The normalized spacial score (nSPS) is 18.2. The van der Waals surface area contributed by atoms with Crippen LogP contribution in [0.25, 0.3) is 17.7 Å². The van der Waals surface area contributed by atoms with Gasteiger partial charge in [-0.05, 0) is 74.8 Å². The average Bonchev–Trinajstić information content (AvgIpc) is 2.94. The van der Waals surface area contributed by atoms with Crippen LogP contribution < -0.4 is 9.80 Å². The third kappa shape index (κ3) is 6.13. The number of benzene rings is 1. The number of morpholine rings is 1. The van der Waals surface area contributed by atoms with Crippen LogP contribution in [0.4, 0.5) is 11.8 Å². The van der Waals surface area contributed by atoms with Gasteiger partial charge in [0.1, 0.15) is 5.82 Å². The van der Waals surface area contributed by atoms with Crippen molar-refractivity contribution in [2.24, 2.45) is 0 Å². The van der Waals surface area contributed by atoms with Gasteiger partial charge in [-0.3, -0.25) is 0 Å². The molecule has 5 heteroatoms. The monoisotopic (exact) mass is 511 g/mol. The first-order valence-electron chi connectivity index (χ1n) is 14.2. The minimum atomic E-state index is 0.193. The van der Waals surface area contributed by atoms with Crippen LogP contribution >= 0.6 is 0 Å². The van der Waals surface area contributed by atoms with E-state index in [1.807, 2.05) is 0 Å². The highest BCUT2D eigenvalue weighted by molar-refractivity contribution is 5.88. The van der Waals surface area contributed by atoms with E-state index in [9.17, 15) is 0 Å². The number of nitrogens with zero attached hydrogens (tertiary/aromatic N) is 4. The van der Waals surface area contributed by atoms with Crippen LogP contribution in [0.15, 0.2) is 24.3 Å². The van der Waals surface area contributed by atoms with Gasteiger partial charge in [0.2, 0.25) is 5.95 Å². The number of terminal acetylenes is 1. The first-order chi connectivity index (χ1) is 18.5. The van der Waals surface area contributed by atoms with E-state index in [0.717, 1.165) is 61.7 Å². The maximum Gasteiger partial charge on any atom is 0.227 e. The Bertz CT molecular complexity index is 1210. The molecule has 5 nitrogen and oxygen atoms in total. The van der Waals surface area contributed by atoms with Crippen LogP contribution in [0.1, 0.15) is 81.3 Å². The zero-order valence-electron chi connectivity index (χ0n) is 23.7. The summed E-state index contributed by atoms with van der Waals surface area (Å²) in [5.41, 5.74) is 7.50. The Morgan fingerprint density at radius 2 is 2.21 bits per heavy atom. The molecular weight excluding hydrogens is 468 g/mol. The summed E-state index contributed by atoms with van der Waals surface area (Å²) >= 11 is 0. The Balaban J connectivity index is 1.90. The van der Waals surface area contributed by atoms with Gasteiger partial charge in [-0.1, -0.05) is 50.6 Å². The van der Waals surface area contributed by atoms with Gasteiger partial charge >= 0.3 is 0 Å². The Morgan fingerprint density at radius 1 is 1.37 bits per heavy atom. The summed E-state index contributed by atoms with van der Waals surface area (Å²) in [6, 6.07) is 7.10. The maximum atomic E-state index is 5.80. The molecule has 1 radical (unpaired) electrons. The molecule has 0 spiro atoms. The molecule has 1 fully saturated rings. The number of fused-ring (bicyclic) bond motifs is 1. The van der Waals surface area contributed by atoms with Crippen molar-refractivity contribution in [3.63, 3.8) is 0 Å². The van der Waals surface area contributed by atoms with Crippen molar-refractivity contribution < 1.29 is 4.74 Å². The second-order valence-corrected chi connectivity index (χ2v) is 10.5. The molecule has 2 heterocycles. The quantitative estimate of drug-likeness (QED) is 0.336. The van der Waals surface area contributed by atoms with Crippen LogP contribution in [0, 0.1) is 19.3 Å².